The Labute approximate surface area is 215 Å². The third kappa shape index (κ3) is 4.35. The van der Waals surface area contributed by atoms with Crippen molar-refractivity contribution in [3.05, 3.63) is 92.9 Å². The molecule has 0 fully saturated rings. The first-order valence-corrected chi connectivity index (χ1v) is 12.0. The average Bonchev–Trinajstić information content (AvgIpc) is 3.41. The highest BCUT2D eigenvalue weighted by Gasteiger charge is 2.40. The van der Waals surface area contributed by atoms with Crippen molar-refractivity contribution in [2.24, 2.45) is 5.10 Å². The first-order chi connectivity index (χ1) is 16.9. The maximum absolute atomic E-state index is 13.5. The van der Waals surface area contributed by atoms with Crippen molar-refractivity contribution in [3.8, 4) is 5.75 Å². The largest absolute Gasteiger partial charge is 0.497 e. The fraction of sp³-hybridized carbons (Fsp3) is 0.154. The van der Waals surface area contributed by atoms with E-state index in [0.29, 0.717) is 22.9 Å². The molecule has 9 heteroatoms. The summed E-state index contributed by atoms with van der Waals surface area (Å²) in [4.78, 5) is 39.8. The number of Topliss-reactive ketones (excluding diaryl/α,β-unsaturated/α-hetero) is 1. The summed E-state index contributed by atoms with van der Waals surface area (Å²) in [5, 5.41) is 6.41. The van der Waals surface area contributed by atoms with E-state index in [0.717, 1.165) is 21.3 Å². The van der Waals surface area contributed by atoms with E-state index in [1.807, 2.05) is 48.5 Å². The molecule has 0 radical (unpaired) electrons. The minimum absolute atomic E-state index is 0.197. The highest BCUT2D eigenvalue weighted by Crippen LogP contribution is 2.36. The summed E-state index contributed by atoms with van der Waals surface area (Å²) in [5.41, 5.74) is 3.10. The zero-order valence-electron chi connectivity index (χ0n) is 18.6. The van der Waals surface area contributed by atoms with Gasteiger partial charge in [-0.15, -0.1) is 0 Å². The number of hydrogen-bond acceptors (Lipinski definition) is 5. The first-order valence-electron chi connectivity index (χ1n) is 10.8. The SMILES string of the molecule is COc1ccc(C2CC(c3ccc(Br)cc3)=NN2C(=O)CN2C(=O)C(=O)c3cc(Cl)ccc32)cc1. The average molecular weight is 553 g/mol. The molecule has 35 heavy (non-hydrogen) atoms. The number of benzene rings is 3. The van der Waals surface area contributed by atoms with Gasteiger partial charge < -0.3 is 4.74 Å². The molecular weight excluding hydrogens is 534 g/mol. The quantitative estimate of drug-likeness (QED) is 0.417. The number of carbonyl (C=O) groups excluding carboxylic acids is 3. The van der Waals surface area contributed by atoms with Crippen LogP contribution < -0.4 is 9.64 Å². The molecule has 0 N–H and O–H groups in total. The van der Waals surface area contributed by atoms with Gasteiger partial charge in [-0.2, -0.15) is 5.10 Å². The predicted molar refractivity (Wildman–Crippen MR) is 136 cm³/mol. The molecule has 1 unspecified atom stereocenters. The van der Waals surface area contributed by atoms with Gasteiger partial charge in [-0.05, 0) is 53.6 Å². The molecule has 0 saturated heterocycles. The molecule has 0 saturated carbocycles. The maximum Gasteiger partial charge on any atom is 0.299 e. The van der Waals surface area contributed by atoms with E-state index in [1.165, 1.54) is 16.0 Å². The number of methoxy groups -OCH3 is 1. The van der Waals surface area contributed by atoms with Crippen LogP contribution in [-0.4, -0.2) is 42.0 Å². The molecule has 3 aromatic carbocycles. The van der Waals surface area contributed by atoms with Crippen molar-refractivity contribution >= 4 is 56.5 Å². The Morgan fingerprint density at radius 2 is 1.80 bits per heavy atom. The number of amides is 2. The molecule has 0 aliphatic carbocycles. The number of carbonyl (C=O) groups is 3. The number of rotatable bonds is 5. The number of ketones is 1. The lowest BCUT2D eigenvalue weighted by Crippen LogP contribution is -2.40. The second kappa shape index (κ2) is 9.28. The minimum atomic E-state index is -0.757. The predicted octanol–water partition coefficient (Wildman–Crippen LogP) is 5.02. The molecule has 0 bridgehead atoms. The monoisotopic (exact) mass is 551 g/mol. The number of fused-ring (bicyclic) bond motifs is 1. The van der Waals surface area contributed by atoms with E-state index in [9.17, 15) is 14.4 Å². The van der Waals surface area contributed by atoms with Crippen LogP contribution in [0.2, 0.25) is 5.02 Å². The van der Waals surface area contributed by atoms with Crippen LogP contribution >= 0.6 is 27.5 Å². The van der Waals surface area contributed by atoms with Gasteiger partial charge in [0.05, 0.1) is 30.1 Å². The van der Waals surface area contributed by atoms with Crippen LogP contribution in [0.3, 0.4) is 0 Å². The summed E-state index contributed by atoms with van der Waals surface area (Å²) in [6.07, 6.45) is 0.499. The Balaban J connectivity index is 1.47. The Morgan fingerprint density at radius 1 is 1.09 bits per heavy atom. The Bertz CT molecular complexity index is 1370. The third-order valence-electron chi connectivity index (χ3n) is 6.07. The van der Waals surface area contributed by atoms with Gasteiger partial charge in [0.1, 0.15) is 12.3 Å². The molecule has 2 aliphatic rings. The molecule has 2 amide bonds. The fourth-order valence-corrected chi connectivity index (χ4v) is 4.72. The van der Waals surface area contributed by atoms with Crippen LogP contribution in [0.1, 0.15) is 33.9 Å². The van der Waals surface area contributed by atoms with Gasteiger partial charge in [-0.25, -0.2) is 5.01 Å². The van der Waals surface area contributed by atoms with E-state index < -0.39 is 17.6 Å². The zero-order chi connectivity index (χ0) is 24.7. The van der Waals surface area contributed by atoms with Crippen molar-refractivity contribution in [2.75, 3.05) is 18.6 Å². The van der Waals surface area contributed by atoms with E-state index in [2.05, 4.69) is 21.0 Å². The van der Waals surface area contributed by atoms with Crippen molar-refractivity contribution < 1.29 is 19.1 Å². The summed E-state index contributed by atoms with van der Waals surface area (Å²) in [6, 6.07) is 19.4. The number of ether oxygens (including phenoxy) is 1. The van der Waals surface area contributed by atoms with Crippen LogP contribution in [0, 0.1) is 0 Å². The summed E-state index contributed by atoms with van der Waals surface area (Å²) < 4.78 is 6.20. The van der Waals surface area contributed by atoms with Crippen molar-refractivity contribution in [1.29, 1.82) is 0 Å². The lowest BCUT2D eigenvalue weighted by molar-refractivity contribution is -0.132. The molecule has 3 aromatic rings. The van der Waals surface area contributed by atoms with Crippen LogP contribution in [0.15, 0.2) is 76.3 Å². The van der Waals surface area contributed by atoms with E-state index >= 15 is 0 Å². The lowest BCUT2D eigenvalue weighted by atomic mass is 9.98. The van der Waals surface area contributed by atoms with Gasteiger partial charge in [0.2, 0.25) is 0 Å². The van der Waals surface area contributed by atoms with Crippen molar-refractivity contribution in [2.45, 2.75) is 12.5 Å². The molecule has 176 valence electrons. The fourth-order valence-electron chi connectivity index (χ4n) is 4.28. The van der Waals surface area contributed by atoms with E-state index in [1.54, 1.807) is 19.2 Å². The summed E-state index contributed by atoms with van der Waals surface area (Å²) in [6.45, 7) is -0.316. The molecule has 1 atom stereocenters. The number of hydrazone groups is 1. The van der Waals surface area contributed by atoms with E-state index in [-0.39, 0.29) is 18.2 Å². The lowest BCUT2D eigenvalue weighted by Gasteiger charge is -2.25. The second-order valence-corrected chi connectivity index (χ2v) is 9.52. The molecule has 0 aromatic heterocycles. The molecule has 2 aliphatic heterocycles. The van der Waals surface area contributed by atoms with Gasteiger partial charge in [-0.1, -0.05) is 51.8 Å². The summed E-state index contributed by atoms with van der Waals surface area (Å²) in [5.74, 6) is -1.13. The summed E-state index contributed by atoms with van der Waals surface area (Å²) >= 11 is 9.44. The van der Waals surface area contributed by atoms with Gasteiger partial charge in [0.15, 0.2) is 0 Å². The molecule has 5 rings (SSSR count). The molecule has 7 nitrogen and oxygen atoms in total. The standard InChI is InChI=1S/C26H19BrClN3O4/c1-35-19-9-4-16(5-10-19)23-13-21(15-2-6-17(27)7-3-15)29-31(23)24(32)14-30-22-11-8-18(28)12-20(22)25(33)26(30)34/h2-12,23H,13-14H2,1H3. The molecule has 0 spiro atoms. The third-order valence-corrected chi connectivity index (χ3v) is 6.83. The maximum atomic E-state index is 13.5. The van der Waals surface area contributed by atoms with Gasteiger partial charge in [0, 0.05) is 15.9 Å². The Morgan fingerprint density at radius 3 is 2.49 bits per heavy atom. The minimum Gasteiger partial charge on any atom is -0.497 e. The first kappa shape index (κ1) is 23.3. The molecular formula is C26H19BrClN3O4. The number of hydrogen-bond donors (Lipinski definition) is 0. The molecule has 2 heterocycles. The number of anilines is 1. The van der Waals surface area contributed by atoms with Gasteiger partial charge in [-0.3, -0.25) is 19.3 Å². The number of halogens is 2. The van der Waals surface area contributed by atoms with Crippen LogP contribution in [0.25, 0.3) is 0 Å². The second-order valence-electron chi connectivity index (χ2n) is 8.17. The van der Waals surface area contributed by atoms with Gasteiger partial charge >= 0.3 is 0 Å². The Kier molecular flexibility index (Phi) is 6.17. The zero-order valence-corrected chi connectivity index (χ0v) is 20.9. The number of nitrogens with zero attached hydrogens (tertiary/aromatic N) is 3. The van der Waals surface area contributed by atoms with Crippen molar-refractivity contribution in [1.82, 2.24) is 5.01 Å². The van der Waals surface area contributed by atoms with Crippen LogP contribution in [-0.2, 0) is 9.59 Å². The normalized spacial score (nSPS) is 17.0. The van der Waals surface area contributed by atoms with E-state index in [4.69, 9.17) is 16.3 Å². The summed E-state index contributed by atoms with van der Waals surface area (Å²) in [7, 11) is 1.59. The van der Waals surface area contributed by atoms with Crippen molar-refractivity contribution in [3.63, 3.8) is 0 Å². The Hall–Kier alpha value is -3.49. The highest BCUT2D eigenvalue weighted by molar-refractivity contribution is 9.10. The topological polar surface area (TPSA) is 79.3 Å². The highest BCUT2D eigenvalue weighted by atomic mass is 79.9. The smallest absolute Gasteiger partial charge is 0.299 e. The van der Waals surface area contributed by atoms with Crippen LogP contribution in [0.5, 0.6) is 5.75 Å². The van der Waals surface area contributed by atoms with Gasteiger partial charge in [0.25, 0.3) is 17.6 Å². The van der Waals surface area contributed by atoms with Crippen LogP contribution in [0.4, 0.5) is 5.69 Å².